The summed E-state index contributed by atoms with van der Waals surface area (Å²) >= 11 is 1.38. The molecule has 2 aromatic carbocycles. The largest absolute Gasteiger partial charge is 0.494 e. The third-order valence-electron chi connectivity index (χ3n) is 3.22. The van der Waals surface area contributed by atoms with Crippen molar-refractivity contribution in [1.82, 2.24) is 4.98 Å². The molecular formula is C18H17N3O2S. The molecular weight excluding hydrogens is 322 g/mol. The number of urea groups is 1. The maximum atomic E-state index is 12.0. The van der Waals surface area contributed by atoms with Gasteiger partial charge in [-0.2, -0.15) is 0 Å². The summed E-state index contributed by atoms with van der Waals surface area (Å²) in [5.41, 5.74) is 2.53. The number of para-hydroxylation sites is 1. The number of aromatic nitrogens is 1. The first-order valence-corrected chi connectivity index (χ1v) is 8.44. The van der Waals surface area contributed by atoms with Crippen LogP contribution in [0.25, 0.3) is 11.3 Å². The topological polar surface area (TPSA) is 63.2 Å². The molecule has 2 N–H and O–H groups in total. The van der Waals surface area contributed by atoms with Gasteiger partial charge in [0.25, 0.3) is 0 Å². The number of hydrogen-bond donors (Lipinski definition) is 2. The van der Waals surface area contributed by atoms with Crippen LogP contribution >= 0.6 is 11.3 Å². The first-order chi connectivity index (χ1) is 11.7. The van der Waals surface area contributed by atoms with Crippen LogP contribution in [0.2, 0.25) is 0 Å². The lowest BCUT2D eigenvalue weighted by Crippen LogP contribution is -2.19. The zero-order valence-electron chi connectivity index (χ0n) is 13.2. The molecule has 0 unspecified atom stereocenters. The highest BCUT2D eigenvalue weighted by Gasteiger charge is 2.08. The van der Waals surface area contributed by atoms with E-state index in [1.54, 1.807) is 0 Å². The summed E-state index contributed by atoms with van der Waals surface area (Å²) in [7, 11) is 0. The quantitative estimate of drug-likeness (QED) is 0.698. The maximum Gasteiger partial charge on any atom is 0.325 e. The summed E-state index contributed by atoms with van der Waals surface area (Å²) < 4.78 is 5.43. The number of carbonyl (C=O) groups excluding carboxylic acids is 1. The van der Waals surface area contributed by atoms with Gasteiger partial charge in [-0.15, -0.1) is 11.3 Å². The number of carbonyl (C=O) groups is 1. The van der Waals surface area contributed by atoms with Gasteiger partial charge in [0.1, 0.15) is 5.75 Å². The van der Waals surface area contributed by atoms with Crippen LogP contribution in [0.1, 0.15) is 6.92 Å². The molecule has 0 aliphatic heterocycles. The average molecular weight is 339 g/mol. The van der Waals surface area contributed by atoms with E-state index in [2.05, 4.69) is 15.6 Å². The summed E-state index contributed by atoms with van der Waals surface area (Å²) in [6.07, 6.45) is 0. The van der Waals surface area contributed by atoms with E-state index in [4.69, 9.17) is 4.74 Å². The van der Waals surface area contributed by atoms with Gasteiger partial charge in [-0.25, -0.2) is 9.78 Å². The summed E-state index contributed by atoms with van der Waals surface area (Å²) in [5, 5.41) is 7.96. The summed E-state index contributed by atoms with van der Waals surface area (Å²) in [5.74, 6) is 0.831. The highest BCUT2D eigenvalue weighted by Crippen LogP contribution is 2.26. The van der Waals surface area contributed by atoms with Gasteiger partial charge >= 0.3 is 6.03 Å². The molecule has 6 heteroatoms. The highest BCUT2D eigenvalue weighted by molar-refractivity contribution is 7.14. The van der Waals surface area contributed by atoms with Crippen LogP contribution in [0.5, 0.6) is 5.75 Å². The van der Waals surface area contributed by atoms with Crippen molar-refractivity contribution in [2.24, 2.45) is 0 Å². The predicted octanol–water partition coefficient (Wildman–Crippen LogP) is 4.85. The Hall–Kier alpha value is -2.86. The van der Waals surface area contributed by atoms with Crippen molar-refractivity contribution in [1.29, 1.82) is 0 Å². The van der Waals surface area contributed by atoms with Gasteiger partial charge in [0.15, 0.2) is 5.13 Å². The van der Waals surface area contributed by atoms with E-state index in [0.717, 1.165) is 22.7 Å². The van der Waals surface area contributed by atoms with Crippen molar-refractivity contribution >= 4 is 28.2 Å². The Bertz CT molecular complexity index is 801. The Labute approximate surface area is 144 Å². The van der Waals surface area contributed by atoms with E-state index in [9.17, 15) is 4.79 Å². The van der Waals surface area contributed by atoms with Crippen molar-refractivity contribution in [3.63, 3.8) is 0 Å². The summed E-state index contributed by atoms with van der Waals surface area (Å²) in [6, 6.07) is 16.7. The molecule has 24 heavy (non-hydrogen) atoms. The molecule has 0 spiro atoms. The second-order valence-electron chi connectivity index (χ2n) is 4.94. The third kappa shape index (κ3) is 4.11. The van der Waals surface area contributed by atoms with Gasteiger partial charge in [0.2, 0.25) is 0 Å². The van der Waals surface area contributed by atoms with Gasteiger partial charge in [-0.1, -0.05) is 18.2 Å². The molecule has 3 aromatic rings. The fourth-order valence-corrected chi connectivity index (χ4v) is 2.85. The lowest BCUT2D eigenvalue weighted by atomic mass is 10.2. The van der Waals surface area contributed by atoms with Crippen LogP contribution in [0, 0.1) is 0 Å². The number of nitrogens with zero attached hydrogens (tertiary/aromatic N) is 1. The third-order valence-corrected chi connectivity index (χ3v) is 3.98. The fourth-order valence-electron chi connectivity index (χ4n) is 2.13. The smallest absolute Gasteiger partial charge is 0.325 e. The van der Waals surface area contributed by atoms with E-state index in [-0.39, 0.29) is 6.03 Å². The molecule has 0 saturated carbocycles. The minimum Gasteiger partial charge on any atom is -0.494 e. The maximum absolute atomic E-state index is 12.0. The minimum absolute atomic E-state index is 0.311. The number of hydrogen-bond acceptors (Lipinski definition) is 4. The Kier molecular flexibility index (Phi) is 5.08. The molecule has 2 amide bonds. The van der Waals surface area contributed by atoms with Crippen molar-refractivity contribution in [2.75, 3.05) is 17.2 Å². The van der Waals surface area contributed by atoms with Crippen LogP contribution in [0.4, 0.5) is 15.6 Å². The van der Waals surface area contributed by atoms with Gasteiger partial charge in [0, 0.05) is 16.6 Å². The molecule has 0 fully saturated rings. The second-order valence-corrected chi connectivity index (χ2v) is 5.80. The summed E-state index contributed by atoms with van der Waals surface area (Å²) in [4.78, 5) is 16.4. The second kappa shape index (κ2) is 7.61. The predicted molar refractivity (Wildman–Crippen MR) is 97.8 cm³/mol. The molecule has 1 aromatic heterocycles. The highest BCUT2D eigenvalue weighted by atomic mass is 32.1. The van der Waals surface area contributed by atoms with E-state index in [0.29, 0.717) is 11.7 Å². The Morgan fingerprint density at radius 1 is 1.08 bits per heavy atom. The average Bonchev–Trinajstić information content (AvgIpc) is 3.05. The zero-order chi connectivity index (χ0) is 16.8. The van der Waals surface area contributed by atoms with Gasteiger partial charge in [-0.3, -0.25) is 5.32 Å². The van der Waals surface area contributed by atoms with E-state index in [1.807, 2.05) is 66.9 Å². The molecule has 0 radical (unpaired) electrons. The number of benzene rings is 2. The first kappa shape index (κ1) is 16.0. The van der Waals surface area contributed by atoms with Crippen molar-refractivity contribution < 1.29 is 9.53 Å². The van der Waals surface area contributed by atoms with Crippen molar-refractivity contribution in [2.45, 2.75) is 6.92 Å². The van der Waals surface area contributed by atoms with E-state index >= 15 is 0 Å². The van der Waals surface area contributed by atoms with Crippen molar-refractivity contribution in [3.05, 3.63) is 60.0 Å². The Morgan fingerprint density at radius 2 is 1.83 bits per heavy atom. The number of ether oxygens (including phenoxy) is 1. The van der Waals surface area contributed by atoms with Crippen LogP contribution in [-0.2, 0) is 0 Å². The molecule has 0 bridgehead atoms. The fraction of sp³-hybridized carbons (Fsp3) is 0.111. The number of amides is 2. The number of anilines is 2. The zero-order valence-corrected chi connectivity index (χ0v) is 14.0. The van der Waals surface area contributed by atoms with Gasteiger partial charge in [0.05, 0.1) is 12.3 Å². The molecule has 122 valence electrons. The molecule has 0 aliphatic carbocycles. The first-order valence-electron chi connectivity index (χ1n) is 7.56. The monoisotopic (exact) mass is 339 g/mol. The number of thiazole rings is 1. The lowest BCUT2D eigenvalue weighted by molar-refractivity contribution is 0.262. The Balaban J connectivity index is 1.63. The van der Waals surface area contributed by atoms with Gasteiger partial charge in [-0.05, 0) is 43.3 Å². The standard InChI is InChI=1S/C18H17N3O2S/c1-2-23-15-10-8-13(9-11-15)16-12-24-18(20-16)21-17(22)19-14-6-4-3-5-7-14/h3-12H,2H2,1H3,(H2,19,20,21,22). The summed E-state index contributed by atoms with van der Waals surface area (Å²) in [6.45, 7) is 2.59. The van der Waals surface area contributed by atoms with Crippen LogP contribution < -0.4 is 15.4 Å². The molecule has 0 atom stereocenters. The van der Waals surface area contributed by atoms with Crippen LogP contribution in [0.3, 0.4) is 0 Å². The lowest BCUT2D eigenvalue weighted by Gasteiger charge is -2.05. The molecule has 1 heterocycles. The number of rotatable bonds is 5. The van der Waals surface area contributed by atoms with E-state index < -0.39 is 0 Å². The molecule has 0 saturated heterocycles. The van der Waals surface area contributed by atoms with Crippen molar-refractivity contribution in [3.8, 4) is 17.0 Å². The normalized spacial score (nSPS) is 10.2. The van der Waals surface area contributed by atoms with E-state index in [1.165, 1.54) is 11.3 Å². The molecule has 3 rings (SSSR count). The molecule has 5 nitrogen and oxygen atoms in total. The number of nitrogens with one attached hydrogen (secondary N) is 2. The van der Waals surface area contributed by atoms with Crippen LogP contribution in [-0.4, -0.2) is 17.6 Å². The van der Waals surface area contributed by atoms with Crippen LogP contribution in [0.15, 0.2) is 60.0 Å². The SMILES string of the molecule is CCOc1ccc(-c2csc(NC(=O)Nc3ccccc3)n2)cc1. The Morgan fingerprint density at radius 3 is 2.54 bits per heavy atom. The molecule has 0 aliphatic rings. The minimum atomic E-state index is -0.311. The van der Waals surface area contributed by atoms with Gasteiger partial charge < -0.3 is 10.1 Å².